The molecule has 124 valence electrons. The van der Waals surface area contributed by atoms with Gasteiger partial charge in [0, 0.05) is 18.5 Å². The van der Waals surface area contributed by atoms with Gasteiger partial charge >= 0.3 is 6.03 Å². The average molecular weight is 340 g/mol. The molecule has 1 atom stereocenters. The van der Waals surface area contributed by atoms with E-state index in [2.05, 4.69) is 21.8 Å². The second-order valence-electron chi connectivity index (χ2n) is 5.94. The Bertz CT molecular complexity index is 764. The number of carbonyl (C=O) groups excluding carboxylic acids is 1. The number of nitrogens with zero attached hydrogens (tertiary/aromatic N) is 3. The van der Waals surface area contributed by atoms with Crippen molar-refractivity contribution in [3.8, 4) is 6.07 Å². The fourth-order valence-corrected chi connectivity index (χ4v) is 3.72. The van der Waals surface area contributed by atoms with Gasteiger partial charge in [0.25, 0.3) is 0 Å². The molecule has 1 fully saturated rings. The van der Waals surface area contributed by atoms with Crippen molar-refractivity contribution >= 4 is 17.4 Å². The predicted molar refractivity (Wildman–Crippen MR) is 93.8 cm³/mol. The number of likely N-dealkylation sites (tertiary alicyclic amines) is 1. The molecule has 0 saturated carbocycles. The van der Waals surface area contributed by atoms with E-state index in [0.29, 0.717) is 12.1 Å². The zero-order valence-electron chi connectivity index (χ0n) is 13.7. The van der Waals surface area contributed by atoms with Crippen LogP contribution in [0.4, 0.5) is 4.79 Å². The average Bonchev–Trinajstić information content (AvgIpc) is 3.23. The maximum Gasteiger partial charge on any atom is 0.317 e. The minimum atomic E-state index is -0.0282. The molecule has 1 aliphatic rings. The van der Waals surface area contributed by atoms with E-state index in [9.17, 15) is 4.79 Å². The van der Waals surface area contributed by atoms with Gasteiger partial charge in [-0.25, -0.2) is 9.78 Å². The molecule has 1 aromatic heterocycles. The van der Waals surface area contributed by atoms with E-state index in [0.717, 1.165) is 42.1 Å². The van der Waals surface area contributed by atoms with Crippen LogP contribution in [0.15, 0.2) is 29.6 Å². The van der Waals surface area contributed by atoms with Crippen LogP contribution >= 0.6 is 11.3 Å². The van der Waals surface area contributed by atoms with Crippen molar-refractivity contribution in [1.82, 2.24) is 15.2 Å². The van der Waals surface area contributed by atoms with Crippen molar-refractivity contribution in [2.75, 3.05) is 13.1 Å². The fourth-order valence-electron chi connectivity index (χ4n) is 3.06. The second kappa shape index (κ2) is 7.45. The molecule has 24 heavy (non-hydrogen) atoms. The Hall–Kier alpha value is -2.39. The standard InChI is InChI=1S/C18H20N4OS/c1-13-21-16(12-24-13)17-6-3-9-22(17)18(23)20-8-7-14-4-2-5-15(10-14)11-19/h2,4-5,10,12,17H,3,6-9H2,1H3,(H,20,23)/t17-/m1/s1. The summed E-state index contributed by atoms with van der Waals surface area (Å²) in [6.07, 6.45) is 2.70. The molecular formula is C18H20N4OS. The summed E-state index contributed by atoms with van der Waals surface area (Å²) in [6.45, 7) is 3.33. The van der Waals surface area contributed by atoms with E-state index in [1.54, 1.807) is 17.4 Å². The predicted octanol–water partition coefficient (Wildman–Crippen LogP) is 3.41. The topological polar surface area (TPSA) is 69.0 Å². The van der Waals surface area contributed by atoms with Gasteiger partial charge in [0.05, 0.1) is 28.4 Å². The van der Waals surface area contributed by atoms with Crippen molar-refractivity contribution in [2.24, 2.45) is 0 Å². The molecule has 6 heteroatoms. The highest BCUT2D eigenvalue weighted by molar-refractivity contribution is 7.09. The number of amides is 2. The summed E-state index contributed by atoms with van der Waals surface area (Å²) >= 11 is 1.63. The van der Waals surface area contributed by atoms with Crippen molar-refractivity contribution in [3.05, 3.63) is 51.5 Å². The van der Waals surface area contributed by atoms with Crippen molar-refractivity contribution < 1.29 is 4.79 Å². The van der Waals surface area contributed by atoms with Gasteiger partial charge in [-0.3, -0.25) is 0 Å². The van der Waals surface area contributed by atoms with E-state index in [1.807, 2.05) is 30.0 Å². The zero-order chi connectivity index (χ0) is 16.9. The Labute approximate surface area is 145 Å². The van der Waals surface area contributed by atoms with Gasteiger partial charge in [0.15, 0.2) is 0 Å². The highest BCUT2D eigenvalue weighted by atomic mass is 32.1. The summed E-state index contributed by atoms with van der Waals surface area (Å²) in [5, 5.41) is 15.0. The van der Waals surface area contributed by atoms with Crippen LogP contribution in [0.2, 0.25) is 0 Å². The van der Waals surface area contributed by atoms with Gasteiger partial charge < -0.3 is 10.2 Å². The van der Waals surface area contributed by atoms with Gasteiger partial charge in [-0.1, -0.05) is 12.1 Å². The fraction of sp³-hybridized carbons (Fsp3) is 0.389. The second-order valence-corrected chi connectivity index (χ2v) is 7.00. The molecule has 2 heterocycles. The lowest BCUT2D eigenvalue weighted by molar-refractivity contribution is 0.192. The molecular weight excluding hydrogens is 320 g/mol. The van der Waals surface area contributed by atoms with Crippen LogP contribution < -0.4 is 5.32 Å². The van der Waals surface area contributed by atoms with Gasteiger partial charge in [-0.15, -0.1) is 11.3 Å². The highest BCUT2D eigenvalue weighted by Gasteiger charge is 2.31. The number of carbonyl (C=O) groups is 1. The van der Waals surface area contributed by atoms with Crippen molar-refractivity contribution in [2.45, 2.75) is 32.2 Å². The number of urea groups is 1. The summed E-state index contributed by atoms with van der Waals surface area (Å²) in [4.78, 5) is 18.9. The minimum absolute atomic E-state index is 0.0282. The monoisotopic (exact) mass is 340 g/mol. The summed E-state index contributed by atoms with van der Waals surface area (Å²) in [6, 6.07) is 9.70. The van der Waals surface area contributed by atoms with Gasteiger partial charge in [-0.05, 0) is 43.9 Å². The smallest absolute Gasteiger partial charge is 0.317 e. The number of aryl methyl sites for hydroxylation is 1. The number of hydrogen-bond donors (Lipinski definition) is 1. The van der Waals surface area contributed by atoms with Crippen LogP contribution in [-0.2, 0) is 6.42 Å². The van der Waals surface area contributed by atoms with Gasteiger partial charge in [0.2, 0.25) is 0 Å². The Morgan fingerprint density at radius 3 is 3.17 bits per heavy atom. The number of nitrogens with one attached hydrogen (secondary N) is 1. The van der Waals surface area contributed by atoms with Crippen molar-refractivity contribution in [3.63, 3.8) is 0 Å². The Morgan fingerprint density at radius 1 is 1.54 bits per heavy atom. The molecule has 0 radical (unpaired) electrons. The Morgan fingerprint density at radius 2 is 2.42 bits per heavy atom. The maximum absolute atomic E-state index is 12.5. The zero-order valence-corrected chi connectivity index (χ0v) is 14.5. The molecule has 1 aromatic carbocycles. The van der Waals surface area contributed by atoms with Crippen LogP contribution in [0.5, 0.6) is 0 Å². The molecule has 0 bridgehead atoms. The molecule has 2 amide bonds. The molecule has 2 aromatic rings. The molecule has 1 saturated heterocycles. The summed E-state index contributed by atoms with van der Waals surface area (Å²) < 4.78 is 0. The third-order valence-corrected chi connectivity index (χ3v) is 5.03. The summed E-state index contributed by atoms with van der Waals surface area (Å²) in [7, 11) is 0. The Kier molecular flexibility index (Phi) is 5.11. The van der Waals surface area contributed by atoms with E-state index in [4.69, 9.17) is 5.26 Å². The summed E-state index contributed by atoms with van der Waals surface area (Å²) in [5.74, 6) is 0. The molecule has 0 unspecified atom stereocenters. The first-order valence-corrected chi connectivity index (χ1v) is 9.01. The van der Waals surface area contributed by atoms with Crippen LogP contribution in [0.1, 0.15) is 40.7 Å². The minimum Gasteiger partial charge on any atom is -0.338 e. The van der Waals surface area contributed by atoms with Crippen LogP contribution in [-0.4, -0.2) is 29.0 Å². The normalized spacial score (nSPS) is 16.8. The van der Waals surface area contributed by atoms with Crippen LogP contribution in [0.3, 0.4) is 0 Å². The van der Waals surface area contributed by atoms with Gasteiger partial charge in [-0.2, -0.15) is 5.26 Å². The quantitative estimate of drug-likeness (QED) is 0.927. The third kappa shape index (κ3) is 3.74. The largest absolute Gasteiger partial charge is 0.338 e. The van der Waals surface area contributed by atoms with Crippen molar-refractivity contribution in [1.29, 1.82) is 5.26 Å². The maximum atomic E-state index is 12.5. The number of benzene rings is 1. The molecule has 0 spiro atoms. The SMILES string of the molecule is Cc1nc([C@H]2CCCN2C(=O)NCCc2cccc(C#N)c2)cs1. The van der Waals surface area contributed by atoms with E-state index in [1.165, 1.54) is 0 Å². The first kappa shape index (κ1) is 16.5. The number of aromatic nitrogens is 1. The molecule has 0 aliphatic carbocycles. The van der Waals surface area contributed by atoms with E-state index in [-0.39, 0.29) is 12.1 Å². The highest BCUT2D eigenvalue weighted by Crippen LogP contribution is 2.32. The number of rotatable bonds is 4. The molecule has 5 nitrogen and oxygen atoms in total. The lowest BCUT2D eigenvalue weighted by Crippen LogP contribution is -2.40. The van der Waals surface area contributed by atoms with Crippen LogP contribution in [0, 0.1) is 18.3 Å². The number of hydrogen-bond acceptors (Lipinski definition) is 4. The molecule has 1 N–H and O–H groups in total. The lowest BCUT2D eigenvalue weighted by atomic mass is 10.1. The molecule has 3 rings (SSSR count). The first-order chi connectivity index (χ1) is 11.7. The molecule has 1 aliphatic heterocycles. The van der Waals surface area contributed by atoms with E-state index < -0.39 is 0 Å². The third-order valence-electron chi connectivity index (χ3n) is 4.24. The van der Waals surface area contributed by atoms with Crippen LogP contribution in [0.25, 0.3) is 0 Å². The van der Waals surface area contributed by atoms with E-state index >= 15 is 0 Å². The van der Waals surface area contributed by atoms with Gasteiger partial charge in [0.1, 0.15) is 0 Å². The number of thiazole rings is 1. The Balaban J connectivity index is 1.55. The first-order valence-electron chi connectivity index (χ1n) is 8.13. The lowest BCUT2D eigenvalue weighted by Gasteiger charge is -2.23. The number of nitriles is 1. The summed E-state index contributed by atoms with van der Waals surface area (Å²) in [5.41, 5.74) is 2.71.